The summed E-state index contributed by atoms with van der Waals surface area (Å²) in [6, 6.07) is 6.46. The highest BCUT2D eigenvalue weighted by atomic mass is 16.3. The molecule has 5 nitrogen and oxygen atoms in total. The summed E-state index contributed by atoms with van der Waals surface area (Å²) in [6.07, 6.45) is 4.07. The summed E-state index contributed by atoms with van der Waals surface area (Å²) < 4.78 is 0. The van der Waals surface area contributed by atoms with Gasteiger partial charge >= 0.3 is 0 Å². The molecule has 0 radical (unpaired) electrons. The second-order valence-electron chi connectivity index (χ2n) is 3.62. The third kappa shape index (κ3) is 3.15. The topological polar surface area (TPSA) is 78.3 Å². The van der Waals surface area contributed by atoms with Crippen LogP contribution in [0.3, 0.4) is 0 Å². The molecule has 0 spiro atoms. The van der Waals surface area contributed by atoms with E-state index in [0.717, 1.165) is 11.3 Å². The van der Waals surface area contributed by atoms with E-state index in [1.54, 1.807) is 36.7 Å². The second kappa shape index (κ2) is 5.27. The van der Waals surface area contributed by atoms with Crippen LogP contribution < -0.4 is 5.32 Å². The van der Waals surface area contributed by atoms with Gasteiger partial charge in [-0.05, 0) is 17.7 Å². The minimum atomic E-state index is -0.643. The zero-order chi connectivity index (χ0) is 12.1. The van der Waals surface area contributed by atoms with E-state index in [2.05, 4.69) is 15.3 Å². The molecular formula is C12H13N3O2. The van der Waals surface area contributed by atoms with E-state index in [1.165, 1.54) is 6.33 Å². The first-order chi connectivity index (χ1) is 8.25. The van der Waals surface area contributed by atoms with Gasteiger partial charge in [0.05, 0.1) is 24.2 Å². The standard InChI is InChI=1S/C12H13N3O2/c16-11-3-1-9(2-4-11)12(17)7-15-10-5-13-8-14-6-10/h1-6,8,12,15-17H,7H2. The van der Waals surface area contributed by atoms with Crippen LogP contribution in [0.4, 0.5) is 5.69 Å². The van der Waals surface area contributed by atoms with Gasteiger partial charge in [-0.3, -0.25) is 0 Å². The van der Waals surface area contributed by atoms with Gasteiger partial charge in [0.15, 0.2) is 0 Å². The lowest BCUT2D eigenvalue weighted by Gasteiger charge is -2.12. The minimum Gasteiger partial charge on any atom is -0.508 e. The third-order valence-corrected chi connectivity index (χ3v) is 2.34. The Bertz CT molecular complexity index is 459. The number of aromatic hydroxyl groups is 1. The van der Waals surface area contributed by atoms with E-state index in [0.29, 0.717) is 6.54 Å². The average molecular weight is 231 g/mol. The van der Waals surface area contributed by atoms with Crippen molar-refractivity contribution in [3.05, 3.63) is 48.5 Å². The molecule has 1 aromatic carbocycles. The molecule has 2 aromatic rings. The lowest BCUT2D eigenvalue weighted by Crippen LogP contribution is -2.12. The summed E-state index contributed by atoms with van der Waals surface area (Å²) >= 11 is 0. The van der Waals surface area contributed by atoms with Crippen molar-refractivity contribution in [1.29, 1.82) is 0 Å². The number of anilines is 1. The fourth-order valence-corrected chi connectivity index (χ4v) is 1.42. The molecule has 0 saturated carbocycles. The van der Waals surface area contributed by atoms with Crippen molar-refractivity contribution in [3.8, 4) is 5.75 Å². The van der Waals surface area contributed by atoms with Gasteiger partial charge in [-0.15, -0.1) is 0 Å². The zero-order valence-corrected chi connectivity index (χ0v) is 9.11. The molecule has 0 fully saturated rings. The lowest BCUT2D eigenvalue weighted by molar-refractivity contribution is 0.191. The molecule has 1 atom stereocenters. The molecule has 0 aliphatic heterocycles. The van der Waals surface area contributed by atoms with E-state index in [1.807, 2.05) is 0 Å². The summed E-state index contributed by atoms with van der Waals surface area (Å²) in [7, 11) is 0. The molecule has 1 heterocycles. The normalized spacial score (nSPS) is 12.1. The fraction of sp³-hybridized carbons (Fsp3) is 0.167. The number of rotatable bonds is 4. The van der Waals surface area contributed by atoms with Crippen molar-refractivity contribution < 1.29 is 10.2 Å². The smallest absolute Gasteiger partial charge is 0.115 e. The van der Waals surface area contributed by atoms with Crippen molar-refractivity contribution in [3.63, 3.8) is 0 Å². The van der Waals surface area contributed by atoms with Crippen LogP contribution in [0.1, 0.15) is 11.7 Å². The van der Waals surface area contributed by atoms with Crippen LogP contribution >= 0.6 is 0 Å². The molecule has 0 aliphatic rings. The van der Waals surface area contributed by atoms with E-state index >= 15 is 0 Å². The first-order valence-electron chi connectivity index (χ1n) is 5.21. The number of nitrogens with one attached hydrogen (secondary N) is 1. The Labute approximate surface area is 98.8 Å². The number of nitrogens with zero attached hydrogens (tertiary/aromatic N) is 2. The van der Waals surface area contributed by atoms with Crippen LogP contribution in [0, 0.1) is 0 Å². The molecule has 17 heavy (non-hydrogen) atoms. The number of phenols is 1. The van der Waals surface area contributed by atoms with Crippen LogP contribution in [-0.4, -0.2) is 26.7 Å². The monoisotopic (exact) mass is 231 g/mol. The summed E-state index contributed by atoms with van der Waals surface area (Å²) in [4.78, 5) is 7.72. The highest BCUT2D eigenvalue weighted by Gasteiger charge is 2.06. The fourth-order valence-electron chi connectivity index (χ4n) is 1.42. The largest absolute Gasteiger partial charge is 0.508 e. The Morgan fingerprint density at radius 3 is 2.41 bits per heavy atom. The molecule has 3 N–H and O–H groups in total. The Morgan fingerprint density at radius 1 is 1.12 bits per heavy atom. The number of aliphatic hydroxyl groups is 1. The number of aliphatic hydroxyl groups excluding tert-OH is 1. The molecule has 0 aliphatic carbocycles. The number of aromatic nitrogens is 2. The maximum atomic E-state index is 9.89. The van der Waals surface area contributed by atoms with Crippen molar-refractivity contribution in [1.82, 2.24) is 9.97 Å². The zero-order valence-electron chi connectivity index (χ0n) is 9.11. The predicted molar refractivity (Wildman–Crippen MR) is 63.6 cm³/mol. The molecule has 88 valence electrons. The first kappa shape index (κ1) is 11.3. The van der Waals surface area contributed by atoms with Crippen molar-refractivity contribution in [2.45, 2.75) is 6.10 Å². The van der Waals surface area contributed by atoms with Crippen LogP contribution in [0.2, 0.25) is 0 Å². The van der Waals surface area contributed by atoms with Gasteiger partial charge in [0, 0.05) is 6.54 Å². The van der Waals surface area contributed by atoms with Gasteiger partial charge in [0.2, 0.25) is 0 Å². The number of hydrogen-bond acceptors (Lipinski definition) is 5. The van der Waals surface area contributed by atoms with Crippen LogP contribution in [0.25, 0.3) is 0 Å². The minimum absolute atomic E-state index is 0.186. The third-order valence-electron chi connectivity index (χ3n) is 2.34. The molecule has 0 bridgehead atoms. The van der Waals surface area contributed by atoms with Crippen LogP contribution in [0.5, 0.6) is 5.75 Å². The summed E-state index contributed by atoms with van der Waals surface area (Å²) in [6.45, 7) is 0.359. The SMILES string of the molecule is Oc1ccc(C(O)CNc2cncnc2)cc1. The molecule has 0 saturated heterocycles. The Balaban J connectivity index is 1.93. The highest BCUT2D eigenvalue weighted by molar-refractivity contribution is 5.38. The van der Waals surface area contributed by atoms with Gasteiger partial charge in [-0.1, -0.05) is 12.1 Å². The van der Waals surface area contributed by atoms with E-state index in [9.17, 15) is 5.11 Å². The number of hydrogen-bond donors (Lipinski definition) is 3. The second-order valence-corrected chi connectivity index (χ2v) is 3.62. The van der Waals surface area contributed by atoms with E-state index in [4.69, 9.17) is 5.11 Å². The molecule has 0 amide bonds. The maximum Gasteiger partial charge on any atom is 0.115 e. The van der Waals surface area contributed by atoms with E-state index < -0.39 is 6.10 Å². The Hall–Kier alpha value is -2.14. The number of benzene rings is 1. The van der Waals surface area contributed by atoms with Gasteiger partial charge in [0.25, 0.3) is 0 Å². The molecule has 1 unspecified atom stereocenters. The Kier molecular flexibility index (Phi) is 3.52. The highest BCUT2D eigenvalue weighted by Crippen LogP contribution is 2.17. The summed E-state index contributed by atoms with van der Waals surface area (Å²) in [5.74, 6) is 0.186. The molecule has 2 rings (SSSR count). The number of phenolic OH excluding ortho intramolecular Hbond substituents is 1. The first-order valence-corrected chi connectivity index (χ1v) is 5.21. The predicted octanol–water partition coefficient (Wildman–Crippen LogP) is 1.33. The van der Waals surface area contributed by atoms with Crippen LogP contribution in [0.15, 0.2) is 43.0 Å². The van der Waals surface area contributed by atoms with Gasteiger partial charge in [-0.2, -0.15) is 0 Å². The van der Waals surface area contributed by atoms with Crippen LogP contribution in [-0.2, 0) is 0 Å². The van der Waals surface area contributed by atoms with Gasteiger partial charge in [0.1, 0.15) is 12.1 Å². The Morgan fingerprint density at radius 2 is 1.76 bits per heavy atom. The van der Waals surface area contributed by atoms with Gasteiger partial charge < -0.3 is 15.5 Å². The molecular weight excluding hydrogens is 218 g/mol. The molecule has 1 aromatic heterocycles. The summed E-state index contributed by atoms with van der Waals surface area (Å²) in [5, 5.41) is 22.0. The lowest BCUT2D eigenvalue weighted by atomic mass is 10.1. The van der Waals surface area contributed by atoms with Crippen molar-refractivity contribution >= 4 is 5.69 Å². The van der Waals surface area contributed by atoms with Gasteiger partial charge in [-0.25, -0.2) is 9.97 Å². The quantitative estimate of drug-likeness (QED) is 0.739. The van der Waals surface area contributed by atoms with Crippen molar-refractivity contribution in [2.24, 2.45) is 0 Å². The molecule has 5 heteroatoms. The maximum absolute atomic E-state index is 9.89. The van der Waals surface area contributed by atoms with Crippen molar-refractivity contribution in [2.75, 3.05) is 11.9 Å². The van der Waals surface area contributed by atoms with E-state index in [-0.39, 0.29) is 5.75 Å². The summed E-state index contributed by atoms with van der Waals surface area (Å²) in [5.41, 5.74) is 1.50. The average Bonchev–Trinajstić information content (AvgIpc) is 2.38.